The number of rotatable bonds is 6. The minimum Gasteiger partial charge on any atom is -0.456 e. The van der Waals surface area contributed by atoms with E-state index in [4.69, 9.17) is 4.42 Å². The van der Waals surface area contributed by atoms with E-state index in [2.05, 4.69) is 43.0 Å². The summed E-state index contributed by atoms with van der Waals surface area (Å²) in [6, 6.07) is 40.4. The molecule has 3 nitrogen and oxygen atoms in total. The molecule has 2 aromatic heterocycles. The molecular weight excluding hydrogens is 681 g/mol. The number of hydrogen-bond acceptors (Lipinski definition) is 4. The summed E-state index contributed by atoms with van der Waals surface area (Å²) in [5, 5.41) is 4.68. The van der Waals surface area contributed by atoms with Crippen molar-refractivity contribution in [2.45, 2.75) is 12.8 Å². The van der Waals surface area contributed by atoms with Gasteiger partial charge in [0, 0.05) is 42.6 Å². The Bertz CT molecular complexity index is 2940. The van der Waals surface area contributed by atoms with E-state index < -0.39 is 0 Å². The summed E-state index contributed by atoms with van der Waals surface area (Å²) >= 11 is 1.67. The van der Waals surface area contributed by atoms with E-state index in [0.29, 0.717) is 22.3 Å². The fraction of sp³-hybridized carbons (Fsp3) is 0.0400. The molecule has 0 bridgehead atoms. The van der Waals surface area contributed by atoms with Crippen LogP contribution in [0.15, 0.2) is 192 Å². The molecule has 0 aliphatic heterocycles. The van der Waals surface area contributed by atoms with Crippen LogP contribution in [0.2, 0.25) is 0 Å². The molecule has 2 aliphatic rings. The van der Waals surface area contributed by atoms with Gasteiger partial charge in [-0.15, -0.1) is 11.3 Å². The van der Waals surface area contributed by atoms with Crippen molar-refractivity contribution < 1.29 is 14.0 Å². The molecule has 0 unspecified atom stereocenters. The molecule has 258 valence electrons. The zero-order valence-electron chi connectivity index (χ0n) is 29.4. The topological polar surface area (TPSA) is 47.3 Å². The van der Waals surface area contributed by atoms with Crippen LogP contribution in [0.4, 0.5) is 0 Å². The van der Waals surface area contributed by atoms with Crippen LogP contribution in [0.3, 0.4) is 0 Å². The van der Waals surface area contributed by atoms with Crippen LogP contribution < -0.4 is 10.4 Å². The lowest BCUT2D eigenvalue weighted by molar-refractivity contribution is -0.111. The van der Waals surface area contributed by atoms with Gasteiger partial charge in [0.25, 0.3) is 0 Å². The van der Waals surface area contributed by atoms with Crippen molar-refractivity contribution in [2.24, 2.45) is 0 Å². The summed E-state index contributed by atoms with van der Waals surface area (Å²) in [5.41, 5.74) is 7.56. The standard InChI is InChI=1S/C50H34O3S/c1-32(27-35-26-25-34(28-45(35)51)33-15-5-4-6-16-33)37-18-7-2-3-8-22-41(39-20-11-10-19-38(37)39)50(52)44-30-42-40-21-12-13-23-46(40)53-47(42)31-43(44)49-29-36-17-9-14-24-48(36)54-49/h4-31H,1-3H2/b18-7+,22-8+,35-27-,38-37+,41-39+. The highest BCUT2D eigenvalue weighted by Crippen LogP contribution is 2.40. The fourth-order valence-electron chi connectivity index (χ4n) is 7.36. The first kappa shape index (κ1) is 33.2. The first-order chi connectivity index (χ1) is 26.5. The maximum Gasteiger partial charge on any atom is 0.194 e. The number of carbonyl (C=O) groups is 2. The number of fused-ring (bicyclic) bond motifs is 5. The predicted molar refractivity (Wildman–Crippen MR) is 225 cm³/mol. The number of hydrogen-bond donors (Lipinski definition) is 0. The largest absolute Gasteiger partial charge is 0.456 e. The Labute approximate surface area is 316 Å². The summed E-state index contributed by atoms with van der Waals surface area (Å²) in [5.74, 6) is -0.147. The maximum atomic E-state index is 15.3. The Morgan fingerprint density at radius 3 is 2.19 bits per heavy atom. The molecule has 0 atom stereocenters. The Kier molecular flexibility index (Phi) is 8.66. The second-order valence-corrected chi connectivity index (χ2v) is 14.6. The summed E-state index contributed by atoms with van der Waals surface area (Å²) in [6.45, 7) is 4.48. The molecule has 4 heteroatoms. The molecule has 0 saturated heterocycles. The highest BCUT2D eigenvalue weighted by molar-refractivity contribution is 7.22. The third-order valence-electron chi connectivity index (χ3n) is 10.1. The number of allylic oxidation sites excluding steroid dienone is 11. The number of Topliss-reactive ketones (excluding diaryl/α,β-unsaturated/α-hetero) is 1. The highest BCUT2D eigenvalue weighted by Gasteiger charge is 2.22. The molecule has 0 fully saturated rings. The number of ketones is 2. The van der Waals surface area contributed by atoms with Crippen LogP contribution >= 0.6 is 11.3 Å². The van der Waals surface area contributed by atoms with Crippen molar-refractivity contribution in [3.8, 4) is 10.4 Å². The molecule has 9 rings (SSSR count). The molecule has 7 aromatic rings. The number of para-hydroxylation sites is 1. The molecule has 0 N–H and O–H groups in total. The van der Waals surface area contributed by atoms with E-state index in [1.54, 1.807) is 17.4 Å². The number of furan rings is 1. The Morgan fingerprint density at radius 2 is 1.39 bits per heavy atom. The SMILES string of the molecule is C=C(/C=C1/C=CC(c2ccccc2)=CC1=O)C1=c2\cccc\c2=C(C(=O)c2cc3c(cc2-c2cc4ccccc4s2)oc2ccccc23)\C=C\CC\C=C\1. The van der Waals surface area contributed by atoms with E-state index in [1.807, 2.05) is 127 Å². The van der Waals surface area contributed by atoms with Crippen LogP contribution in [0.25, 0.3) is 59.2 Å². The maximum absolute atomic E-state index is 15.3. The van der Waals surface area contributed by atoms with E-state index in [0.717, 1.165) is 82.5 Å². The summed E-state index contributed by atoms with van der Waals surface area (Å²) < 4.78 is 7.50. The summed E-state index contributed by atoms with van der Waals surface area (Å²) in [4.78, 5) is 29.7. The Hall–Kier alpha value is -6.62. The van der Waals surface area contributed by atoms with Crippen molar-refractivity contribution >= 4 is 71.6 Å². The lowest BCUT2D eigenvalue weighted by Crippen LogP contribution is -2.31. The van der Waals surface area contributed by atoms with Crippen LogP contribution in [0, 0.1) is 0 Å². The number of carbonyl (C=O) groups excluding carboxylic acids is 2. The zero-order valence-corrected chi connectivity index (χ0v) is 30.2. The molecular formula is C50H34O3S. The Morgan fingerprint density at radius 1 is 0.685 bits per heavy atom. The van der Waals surface area contributed by atoms with Crippen LogP contribution in [0.1, 0.15) is 28.8 Å². The van der Waals surface area contributed by atoms with Gasteiger partial charge in [-0.05, 0) is 93.4 Å². The fourth-order valence-corrected chi connectivity index (χ4v) is 8.45. The van der Waals surface area contributed by atoms with E-state index in [-0.39, 0.29) is 11.6 Å². The van der Waals surface area contributed by atoms with Crippen molar-refractivity contribution in [2.75, 3.05) is 0 Å². The minimum absolute atomic E-state index is 0.0727. The van der Waals surface area contributed by atoms with Crippen molar-refractivity contribution in [3.05, 3.63) is 209 Å². The quantitative estimate of drug-likeness (QED) is 0.127. The molecule has 0 radical (unpaired) electrons. The average molecular weight is 715 g/mol. The van der Waals surface area contributed by atoms with Crippen LogP contribution in [-0.4, -0.2) is 11.6 Å². The van der Waals surface area contributed by atoms with Gasteiger partial charge in [0.2, 0.25) is 0 Å². The monoisotopic (exact) mass is 714 g/mol. The zero-order chi connectivity index (χ0) is 36.6. The molecule has 0 saturated carbocycles. The van der Waals surface area contributed by atoms with Gasteiger partial charge in [0.05, 0.1) is 0 Å². The number of thiophene rings is 1. The van der Waals surface area contributed by atoms with Gasteiger partial charge < -0.3 is 4.42 Å². The van der Waals surface area contributed by atoms with Gasteiger partial charge in [-0.3, -0.25) is 9.59 Å². The van der Waals surface area contributed by atoms with Crippen molar-refractivity contribution in [3.63, 3.8) is 0 Å². The van der Waals surface area contributed by atoms with E-state index >= 15 is 4.79 Å². The van der Waals surface area contributed by atoms with Gasteiger partial charge in [0.15, 0.2) is 11.6 Å². The molecule has 54 heavy (non-hydrogen) atoms. The van der Waals surface area contributed by atoms with Crippen LogP contribution in [0.5, 0.6) is 0 Å². The molecule has 5 aromatic carbocycles. The highest BCUT2D eigenvalue weighted by atomic mass is 32.1. The molecule has 2 heterocycles. The first-order valence-electron chi connectivity index (χ1n) is 18.1. The summed E-state index contributed by atoms with van der Waals surface area (Å²) in [7, 11) is 0. The average Bonchev–Trinajstić information content (AvgIpc) is 3.81. The summed E-state index contributed by atoms with van der Waals surface area (Å²) in [6.07, 6.45) is 17.2. The molecule has 0 spiro atoms. The van der Waals surface area contributed by atoms with E-state index in [9.17, 15) is 4.79 Å². The lowest BCUT2D eigenvalue weighted by Gasteiger charge is -2.12. The third kappa shape index (κ3) is 6.17. The van der Waals surface area contributed by atoms with Crippen molar-refractivity contribution in [1.29, 1.82) is 0 Å². The lowest BCUT2D eigenvalue weighted by atomic mass is 9.90. The second-order valence-electron chi connectivity index (χ2n) is 13.5. The van der Waals surface area contributed by atoms with Crippen LogP contribution in [-0.2, 0) is 4.79 Å². The smallest absolute Gasteiger partial charge is 0.194 e. The third-order valence-corrected chi connectivity index (χ3v) is 11.2. The van der Waals surface area contributed by atoms with Gasteiger partial charge in [0.1, 0.15) is 11.2 Å². The van der Waals surface area contributed by atoms with Gasteiger partial charge in [-0.25, -0.2) is 0 Å². The van der Waals surface area contributed by atoms with Gasteiger partial charge >= 0.3 is 0 Å². The normalized spacial score (nSPS) is 18.5. The second kappa shape index (κ2) is 14.1. The predicted octanol–water partition coefficient (Wildman–Crippen LogP) is 11.3. The number of benzene rings is 5. The van der Waals surface area contributed by atoms with Gasteiger partial charge in [-0.1, -0.05) is 134 Å². The first-order valence-corrected chi connectivity index (χ1v) is 18.9. The molecule has 0 amide bonds. The Balaban J connectivity index is 1.23. The molecule has 2 aliphatic carbocycles. The van der Waals surface area contributed by atoms with Gasteiger partial charge in [-0.2, -0.15) is 0 Å². The van der Waals surface area contributed by atoms with E-state index in [1.165, 1.54) is 0 Å². The minimum atomic E-state index is -0.0739. The van der Waals surface area contributed by atoms with Crippen molar-refractivity contribution in [1.82, 2.24) is 0 Å².